The molecule has 1 aliphatic heterocycles. The van der Waals surface area contributed by atoms with Gasteiger partial charge in [0.1, 0.15) is 0 Å². The van der Waals surface area contributed by atoms with E-state index in [2.05, 4.69) is 4.90 Å². The van der Waals surface area contributed by atoms with E-state index >= 15 is 0 Å². The average Bonchev–Trinajstić information content (AvgIpc) is 3.47. The van der Waals surface area contributed by atoms with Gasteiger partial charge in [-0.3, -0.25) is 0 Å². The molecule has 0 bridgehead atoms. The first-order chi connectivity index (χ1) is 12.0. The Labute approximate surface area is 154 Å². The summed E-state index contributed by atoms with van der Waals surface area (Å²) in [7, 11) is 4.92. The second-order valence-corrected chi connectivity index (χ2v) is 12.2. The molecule has 1 heterocycles. The fraction of sp³-hybridized carbons (Fsp3) is 1.00. The van der Waals surface area contributed by atoms with Crippen molar-refractivity contribution < 1.29 is 31.3 Å². The molecule has 25 heavy (non-hydrogen) atoms. The first-order valence-corrected chi connectivity index (χ1v) is 12.5. The van der Waals surface area contributed by atoms with Crippen molar-refractivity contribution in [2.75, 3.05) is 68.9 Å². The maximum atomic E-state index is 5.49. The minimum atomic E-state index is -2.50. The van der Waals surface area contributed by atoms with E-state index in [4.69, 9.17) is 31.3 Å². The van der Waals surface area contributed by atoms with Gasteiger partial charge in [-0.25, -0.2) is 0 Å². The fourth-order valence-electron chi connectivity index (χ4n) is 2.91. The van der Waals surface area contributed by atoms with Crippen LogP contribution < -0.4 is 0 Å². The molecule has 0 spiro atoms. The number of ether oxygens (including phenoxy) is 1. The molecule has 0 radical (unpaired) electrons. The van der Waals surface area contributed by atoms with Crippen molar-refractivity contribution in [3.8, 4) is 0 Å². The second-order valence-electron chi connectivity index (χ2n) is 6.05. The summed E-state index contributed by atoms with van der Waals surface area (Å²) in [4.78, 5) is 2.41. The van der Waals surface area contributed by atoms with Crippen LogP contribution in [0.5, 0.6) is 0 Å². The molecule has 1 unspecified atom stereocenters. The van der Waals surface area contributed by atoms with Crippen molar-refractivity contribution >= 4 is 17.6 Å². The Kier molecular flexibility index (Phi) is 10.9. The maximum absolute atomic E-state index is 5.49. The van der Waals surface area contributed by atoms with Crippen LogP contribution in [0.15, 0.2) is 0 Å². The third-order valence-corrected chi connectivity index (χ3v) is 10.3. The van der Waals surface area contributed by atoms with Crippen molar-refractivity contribution in [3.05, 3.63) is 0 Å². The summed E-state index contributed by atoms with van der Waals surface area (Å²) < 4.78 is 38.3. The number of epoxide rings is 1. The Hall–Kier alpha value is 0.114. The Morgan fingerprint density at radius 2 is 1.12 bits per heavy atom. The lowest BCUT2D eigenvalue weighted by molar-refractivity contribution is 0.119. The lowest BCUT2D eigenvalue weighted by atomic mass is 10.3. The van der Waals surface area contributed by atoms with Crippen LogP contribution in [0.1, 0.15) is 12.8 Å². The van der Waals surface area contributed by atoms with Gasteiger partial charge < -0.3 is 36.2 Å². The highest BCUT2D eigenvalue weighted by atomic mass is 28.4. The van der Waals surface area contributed by atoms with Crippen molar-refractivity contribution in [1.82, 2.24) is 4.90 Å². The van der Waals surface area contributed by atoms with Crippen LogP contribution in [-0.4, -0.2) is 97.5 Å². The summed E-state index contributed by atoms with van der Waals surface area (Å²) >= 11 is 0. The quantitative estimate of drug-likeness (QED) is 0.284. The van der Waals surface area contributed by atoms with Crippen molar-refractivity contribution in [2.45, 2.75) is 31.0 Å². The molecule has 0 amide bonds. The molecule has 1 fully saturated rings. The van der Waals surface area contributed by atoms with Gasteiger partial charge in [0.25, 0.3) is 0 Å². The molecule has 0 aliphatic carbocycles. The van der Waals surface area contributed by atoms with Crippen molar-refractivity contribution in [2.24, 2.45) is 0 Å². The van der Waals surface area contributed by atoms with Crippen LogP contribution in [0.2, 0.25) is 12.1 Å². The van der Waals surface area contributed by atoms with Crippen molar-refractivity contribution in [3.63, 3.8) is 0 Å². The summed E-state index contributed by atoms with van der Waals surface area (Å²) in [5, 5.41) is 0. The molecule has 0 aromatic carbocycles. The average molecular weight is 398 g/mol. The second kappa shape index (κ2) is 11.7. The van der Waals surface area contributed by atoms with Crippen LogP contribution in [0.4, 0.5) is 0 Å². The lowest BCUT2D eigenvalue weighted by Crippen LogP contribution is -2.44. The van der Waals surface area contributed by atoms with Gasteiger partial charge in [-0.05, 0) is 25.9 Å². The third-order valence-electron chi connectivity index (χ3n) is 4.64. The van der Waals surface area contributed by atoms with Gasteiger partial charge in [0.2, 0.25) is 0 Å². The van der Waals surface area contributed by atoms with Crippen LogP contribution in [0.3, 0.4) is 0 Å². The van der Waals surface area contributed by atoms with Gasteiger partial charge in [-0.15, -0.1) is 0 Å². The summed E-state index contributed by atoms with van der Waals surface area (Å²) in [6, 6.07) is 1.59. The van der Waals surface area contributed by atoms with Crippen LogP contribution in [-0.2, 0) is 31.3 Å². The number of rotatable bonds is 16. The third kappa shape index (κ3) is 7.71. The summed E-state index contributed by atoms with van der Waals surface area (Å²) in [5.74, 6) is 0. The standard InChI is InChI=1S/C15H35NO7Si2/c1-17-24(18-2,19-3)11-7-9-16(13-15-14-23-15)10-8-12-25(20-4,21-5)22-6/h15H,7-14H2,1-6H3. The summed E-state index contributed by atoms with van der Waals surface area (Å²) in [6.07, 6.45) is 2.27. The topological polar surface area (TPSA) is 71.2 Å². The van der Waals surface area contributed by atoms with E-state index < -0.39 is 17.6 Å². The van der Waals surface area contributed by atoms with Gasteiger partial charge in [0.05, 0.1) is 12.7 Å². The van der Waals surface area contributed by atoms with E-state index in [1.54, 1.807) is 42.7 Å². The number of hydrogen-bond donors (Lipinski definition) is 0. The number of hydrogen-bond acceptors (Lipinski definition) is 8. The normalized spacial score (nSPS) is 18.1. The van der Waals surface area contributed by atoms with E-state index in [1.165, 1.54) is 0 Å². The molecule has 10 heteroatoms. The zero-order chi connectivity index (χ0) is 18.8. The first kappa shape index (κ1) is 23.2. The fourth-order valence-corrected chi connectivity index (χ4v) is 6.31. The molecular formula is C15H35NO7Si2. The van der Waals surface area contributed by atoms with E-state index in [-0.39, 0.29) is 0 Å². The first-order valence-electron chi connectivity index (χ1n) is 8.67. The van der Waals surface area contributed by atoms with E-state index in [1.807, 2.05) is 0 Å². The SMILES string of the molecule is CO[Si](CCCN(CCC[Si](OC)(OC)OC)CC1CO1)(OC)OC. The Balaban J connectivity index is 2.43. The highest BCUT2D eigenvalue weighted by Crippen LogP contribution is 2.19. The molecule has 1 atom stereocenters. The van der Waals surface area contributed by atoms with Crippen molar-refractivity contribution in [1.29, 1.82) is 0 Å². The van der Waals surface area contributed by atoms with Gasteiger partial charge in [-0.2, -0.15) is 0 Å². The molecule has 8 nitrogen and oxygen atoms in total. The minimum absolute atomic E-state index is 0.364. The summed E-state index contributed by atoms with van der Waals surface area (Å²) in [6.45, 7) is 3.71. The predicted octanol–water partition coefficient (Wildman–Crippen LogP) is 1.22. The summed E-state index contributed by atoms with van der Waals surface area (Å²) in [5.41, 5.74) is 0. The Morgan fingerprint density at radius 1 is 0.760 bits per heavy atom. The molecule has 1 aliphatic rings. The maximum Gasteiger partial charge on any atom is 0.500 e. The smallest absolute Gasteiger partial charge is 0.377 e. The lowest BCUT2D eigenvalue weighted by Gasteiger charge is -2.28. The highest BCUT2D eigenvalue weighted by Gasteiger charge is 2.38. The molecule has 1 rings (SSSR count). The zero-order valence-corrected chi connectivity index (χ0v) is 18.5. The Morgan fingerprint density at radius 3 is 1.40 bits per heavy atom. The number of nitrogens with zero attached hydrogens (tertiary/aromatic N) is 1. The van der Waals surface area contributed by atoms with Gasteiger partial charge >= 0.3 is 17.6 Å². The highest BCUT2D eigenvalue weighted by molar-refractivity contribution is 6.60. The minimum Gasteiger partial charge on any atom is -0.377 e. The van der Waals surface area contributed by atoms with Gasteiger partial charge in [-0.1, -0.05) is 0 Å². The van der Waals surface area contributed by atoms with Gasteiger partial charge in [0, 0.05) is 61.3 Å². The van der Waals surface area contributed by atoms with E-state index in [0.717, 1.165) is 51.2 Å². The predicted molar refractivity (Wildman–Crippen MR) is 98.6 cm³/mol. The van der Waals surface area contributed by atoms with Gasteiger partial charge in [0.15, 0.2) is 0 Å². The van der Waals surface area contributed by atoms with Crippen LogP contribution >= 0.6 is 0 Å². The zero-order valence-electron chi connectivity index (χ0n) is 16.5. The van der Waals surface area contributed by atoms with Crippen LogP contribution in [0.25, 0.3) is 0 Å². The largest absolute Gasteiger partial charge is 0.500 e. The molecule has 1 saturated heterocycles. The van der Waals surface area contributed by atoms with E-state index in [9.17, 15) is 0 Å². The molecule has 0 N–H and O–H groups in total. The van der Waals surface area contributed by atoms with E-state index in [0.29, 0.717) is 6.10 Å². The Bertz CT molecular complexity index is 310. The monoisotopic (exact) mass is 397 g/mol. The molecule has 0 saturated carbocycles. The van der Waals surface area contributed by atoms with Crippen LogP contribution in [0, 0.1) is 0 Å². The molecule has 150 valence electrons. The molecule has 0 aromatic rings. The molecular weight excluding hydrogens is 362 g/mol. The molecule has 0 aromatic heterocycles.